The maximum absolute atomic E-state index is 14.1. The number of hydrogen-bond acceptors (Lipinski definition) is 9. The van der Waals surface area contributed by atoms with Crippen molar-refractivity contribution in [2.24, 2.45) is 4.99 Å². The number of benzene rings is 3. The number of fused-ring (bicyclic) bond motifs is 1. The number of carbonyl (C=O) groups is 2. The minimum atomic E-state index is -1.01. The first kappa shape index (κ1) is 30.8. The predicted molar refractivity (Wildman–Crippen MR) is 176 cm³/mol. The van der Waals surface area contributed by atoms with Gasteiger partial charge in [-0.3, -0.25) is 9.36 Å². The molecule has 46 heavy (non-hydrogen) atoms. The molecule has 1 atom stereocenters. The SMILES string of the molecule is CCOC(=O)C1=C(c2ccccc2)N=c2s/c(=C\c3ccc(OCc4cccc(C(=O)O)c4)c(OC)c3)c(=O)n2[C@@H]1c1cccs1. The van der Waals surface area contributed by atoms with Crippen LogP contribution >= 0.6 is 22.7 Å². The van der Waals surface area contributed by atoms with Crippen LogP contribution < -0.4 is 24.4 Å². The Kier molecular flexibility index (Phi) is 8.95. The normalized spacial score (nSPS) is 14.4. The van der Waals surface area contributed by atoms with E-state index < -0.39 is 18.0 Å². The molecule has 0 bridgehead atoms. The summed E-state index contributed by atoms with van der Waals surface area (Å²) in [5.74, 6) is -0.619. The number of carboxylic acids is 1. The third kappa shape index (κ3) is 6.15. The van der Waals surface area contributed by atoms with Crippen molar-refractivity contribution in [3.8, 4) is 11.5 Å². The number of aromatic nitrogens is 1. The minimum absolute atomic E-state index is 0.144. The van der Waals surface area contributed by atoms with Crippen LogP contribution in [-0.4, -0.2) is 35.3 Å². The molecule has 232 valence electrons. The van der Waals surface area contributed by atoms with Crippen LogP contribution in [0, 0.1) is 0 Å². The maximum Gasteiger partial charge on any atom is 0.338 e. The predicted octanol–water partition coefficient (Wildman–Crippen LogP) is 5.28. The fraction of sp³-hybridized carbons (Fsp3) is 0.143. The average Bonchev–Trinajstić information content (AvgIpc) is 3.72. The van der Waals surface area contributed by atoms with Crippen LogP contribution in [0.2, 0.25) is 0 Å². The zero-order valence-corrected chi connectivity index (χ0v) is 26.5. The molecule has 11 heteroatoms. The Balaban J connectivity index is 1.41. The van der Waals surface area contributed by atoms with Crippen LogP contribution in [0.15, 0.2) is 106 Å². The zero-order valence-electron chi connectivity index (χ0n) is 24.8. The molecule has 3 aromatic carbocycles. The number of aromatic carboxylic acids is 1. The number of carbonyl (C=O) groups excluding carboxylic acids is 1. The standard InChI is InChI=1S/C35H28N2O7S2/c1-3-43-34(41)29-30(23-10-5-4-6-11-23)36-35-37(31(29)27-13-8-16-45-27)32(38)28(46-35)19-21-14-15-25(26(18-21)42-2)44-20-22-9-7-12-24(17-22)33(39)40/h4-19,31H,3,20H2,1-2H3,(H,39,40)/b28-19-/t31-/m1/s1. The molecule has 0 amide bonds. The van der Waals surface area contributed by atoms with E-state index in [-0.39, 0.29) is 24.3 Å². The molecule has 3 heterocycles. The lowest BCUT2D eigenvalue weighted by atomic mass is 9.97. The number of ether oxygens (including phenoxy) is 3. The van der Waals surface area contributed by atoms with Gasteiger partial charge in [-0.2, -0.15) is 0 Å². The fourth-order valence-corrected chi connectivity index (χ4v) is 6.98. The van der Waals surface area contributed by atoms with Crippen molar-refractivity contribution in [2.75, 3.05) is 13.7 Å². The van der Waals surface area contributed by atoms with Crippen molar-refractivity contribution in [2.45, 2.75) is 19.6 Å². The molecule has 0 aliphatic carbocycles. The molecule has 9 nitrogen and oxygen atoms in total. The highest BCUT2D eigenvalue weighted by molar-refractivity contribution is 7.10. The average molecular weight is 653 g/mol. The Bertz CT molecular complexity index is 2130. The Morgan fingerprint density at radius 1 is 1.00 bits per heavy atom. The van der Waals surface area contributed by atoms with Gasteiger partial charge in [0.05, 0.1) is 35.1 Å². The molecule has 0 spiro atoms. The van der Waals surface area contributed by atoms with E-state index in [1.807, 2.05) is 47.8 Å². The van der Waals surface area contributed by atoms with E-state index in [9.17, 15) is 19.5 Å². The second-order valence-electron chi connectivity index (χ2n) is 10.2. The highest BCUT2D eigenvalue weighted by Gasteiger charge is 2.35. The highest BCUT2D eigenvalue weighted by Crippen LogP contribution is 2.37. The molecule has 6 rings (SSSR count). The number of esters is 1. The van der Waals surface area contributed by atoms with Crippen molar-refractivity contribution in [1.82, 2.24) is 4.57 Å². The molecule has 0 fully saturated rings. The second kappa shape index (κ2) is 13.4. The first-order valence-electron chi connectivity index (χ1n) is 14.3. The number of thiazole rings is 1. The van der Waals surface area contributed by atoms with E-state index in [4.69, 9.17) is 19.2 Å². The molecule has 1 aliphatic heterocycles. The van der Waals surface area contributed by atoms with E-state index in [1.165, 1.54) is 35.8 Å². The Labute approximate surface area is 271 Å². The van der Waals surface area contributed by atoms with E-state index in [0.717, 1.165) is 10.4 Å². The van der Waals surface area contributed by atoms with Gasteiger partial charge < -0.3 is 19.3 Å². The van der Waals surface area contributed by atoms with Crippen LogP contribution in [0.4, 0.5) is 0 Å². The largest absolute Gasteiger partial charge is 0.493 e. The number of nitrogens with zero attached hydrogens (tertiary/aromatic N) is 2. The summed E-state index contributed by atoms with van der Waals surface area (Å²) in [4.78, 5) is 45.0. The topological polar surface area (TPSA) is 116 Å². The van der Waals surface area contributed by atoms with Gasteiger partial charge in [0.25, 0.3) is 5.56 Å². The first-order chi connectivity index (χ1) is 22.4. The zero-order chi connectivity index (χ0) is 32.2. The summed E-state index contributed by atoms with van der Waals surface area (Å²) in [5, 5.41) is 11.2. The van der Waals surface area contributed by atoms with Gasteiger partial charge >= 0.3 is 11.9 Å². The van der Waals surface area contributed by atoms with Crippen molar-refractivity contribution in [3.05, 3.63) is 143 Å². The van der Waals surface area contributed by atoms with Crippen molar-refractivity contribution < 1.29 is 28.9 Å². The summed E-state index contributed by atoms with van der Waals surface area (Å²) in [7, 11) is 1.52. The van der Waals surface area contributed by atoms with Crippen molar-refractivity contribution >= 4 is 46.4 Å². The van der Waals surface area contributed by atoms with Crippen LogP contribution in [0.1, 0.15) is 44.9 Å². The van der Waals surface area contributed by atoms with Crippen molar-refractivity contribution in [3.63, 3.8) is 0 Å². The molecule has 0 saturated carbocycles. The van der Waals surface area contributed by atoms with Gasteiger partial charge in [-0.25, -0.2) is 14.6 Å². The van der Waals surface area contributed by atoms with E-state index in [0.29, 0.717) is 43.2 Å². The summed E-state index contributed by atoms with van der Waals surface area (Å²) < 4.78 is 19.0. The molecule has 0 saturated heterocycles. The molecule has 0 radical (unpaired) electrons. The Morgan fingerprint density at radius 2 is 1.83 bits per heavy atom. The summed E-state index contributed by atoms with van der Waals surface area (Å²) in [5.41, 5.74) is 2.83. The molecule has 5 aromatic rings. The number of carboxylic acid groups (broad SMARTS) is 1. The number of rotatable bonds is 10. The van der Waals surface area contributed by atoms with Crippen LogP contribution in [-0.2, 0) is 16.1 Å². The third-order valence-corrected chi connectivity index (χ3v) is 9.15. The fourth-order valence-electron chi connectivity index (χ4n) is 5.16. The molecular formula is C35H28N2O7S2. The summed E-state index contributed by atoms with van der Waals surface area (Å²) in [6, 6.07) is 24.3. The van der Waals surface area contributed by atoms with Gasteiger partial charge in [0.2, 0.25) is 0 Å². The van der Waals surface area contributed by atoms with Crippen LogP contribution in [0.25, 0.3) is 11.8 Å². The monoisotopic (exact) mass is 652 g/mol. The molecule has 2 aromatic heterocycles. The summed E-state index contributed by atoms with van der Waals surface area (Å²) in [6.07, 6.45) is 1.76. The maximum atomic E-state index is 14.1. The van der Waals surface area contributed by atoms with Gasteiger partial charge in [-0.1, -0.05) is 65.9 Å². The number of methoxy groups -OCH3 is 1. The van der Waals surface area contributed by atoms with E-state index in [1.54, 1.807) is 54.0 Å². The Morgan fingerprint density at radius 3 is 2.54 bits per heavy atom. The quantitative estimate of drug-likeness (QED) is 0.204. The van der Waals surface area contributed by atoms with Gasteiger partial charge in [-0.05, 0) is 59.8 Å². The minimum Gasteiger partial charge on any atom is -0.493 e. The summed E-state index contributed by atoms with van der Waals surface area (Å²) in [6.45, 7) is 2.07. The lowest BCUT2D eigenvalue weighted by Gasteiger charge is -2.24. The second-order valence-corrected chi connectivity index (χ2v) is 12.1. The van der Waals surface area contributed by atoms with Gasteiger partial charge in [0.1, 0.15) is 12.6 Å². The van der Waals surface area contributed by atoms with E-state index in [2.05, 4.69) is 0 Å². The molecular weight excluding hydrogens is 625 g/mol. The highest BCUT2D eigenvalue weighted by atomic mass is 32.1. The van der Waals surface area contributed by atoms with Crippen LogP contribution in [0.3, 0.4) is 0 Å². The first-order valence-corrected chi connectivity index (χ1v) is 16.0. The van der Waals surface area contributed by atoms with Gasteiger partial charge in [0, 0.05) is 10.4 Å². The Hall–Kier alpha value is -5.26. The lowest BCUT2D eigenvalue weighted by molar-refractivity contribution is -0.138. The molecule has 1 N–H and O–H groups in total. The third-order valence-electron chi connectivity index (χ3n) is 7.24. The van der Waals surface area contributed by atoms with Gasteiger partial charge in [-0.15, -0.1) is 11.3 Å². The van der Waals surface area contributed by atoms with E-state index >= 15 is 0 Å². The number of thiophene rings is 1. The van der Waals surface area contributed by atoms with Crippen molar-refractivity contribution in [1.29, 1.82) is 0 Å². The number of hydrogen-bond donors (Lipinski definition) is 1. The molecule has 0 unspecified atom stereocenters. The smallest absolute Gasteiger partial charge is 0.338 e. The summed E-state index contributed by atoms with van der Waals surface area (Å²) >= 11 is 2.69. The lowest BCUT2D eigenvalue weighted by Crippen LogP contribution is -2.39. The van der Waals surface area contributed by atoms with Gasteiger partial charge in [0.15, 0.2) is 16.3 Å². The molecule has 1 aliphatic rings. The van der Waals surface area contributed by atoms with Crippen LogP contribution in [0.5, 0.6) is 11.5 Å².